The van der Waals surface area contributed by atoms with E-state index in [1.807, 2.05) is 0 Å². The van der Waals surface area contributed by atoms with Crippen LogP contribution in [0.1, 0.15) is 44.6 Å². The van der Waals surface area contributed by atoms with Crippen LogP contribution in [0.5, 0.6) is 0 Å². The van der Waals surface area contributed by atoms with Gasteiger partial charge in [0, 0.05) is 13.1 Å². The Morgan fingerprint density at radius 3 is 2.30 bits per heavy atom. The van der Waals surface area contributed by atoms with Crippen LogP contribution >= 0.6 is 0 Å². The molecule has 20 heavy (non-hydrogen) atoms. The van der Waals surface area contributed by atoms with Crippen molar-refractivity contribution in [3.63, 3.8) is 0 Å². The van der Waals surface area contributed by atoms with Gasteiger partial charge in [0.2, 0.25) is 10.0 Å². The largest absolute Gasteiger partial charge is 0.326 e. The molecule has 0 bridgehead atoms. The first-order valence-electron chi connectivity index (χ1n) is 7.24. The highest BCUT2D eigenvalue weighted by Crippen LogP contribution is 2.35. The van der Waals surface area contributed by atoms with Crippen LogP contribution in [0.3, 0.4) is 0 Å². The molecule has 112 valence electrons. The van der Waals surface area contributed by atoms with Gasteiger partial charge in [0.25, 0.3) is 0 Å². The Hall–Kier alpha value is -0.910. The summed E-state index contributed by atoms with van der Waals surface area (Å²) < 4.78 is 27.3. The van der Waals surface area contributed by atoms with E-state index in [4.69, 9.17) is 5.73 Å². The first kappa shape index (κ1) is 15.5. The molecule has 2 rings (SSSR count). The highest BCUT2D eigenvalue weighted by Gasteiger charge is 2.28. The molecule has 0 unspecified atom stereocenters. The summed E-state index contributed by atoms with van der Waals surface area (Å²) in [6.07, 6.45) is 5.86. The van der Waals surface area contributed by atoms with Crippen LogP contribution in [0.15, 0.2) is 29.2 Å². The molecule has 1 aromatic rings. The SMILES string of the molecule is CC1(CNS(=O)(=O)c2ccc(CN)cc2)CCCCC1. The second-order valence-corrected chi connectivity index (χ2v) is 7.81. The molecular formula is C15H24N2O2S. The van der Waals surface area contributed by atoms with Gasteiger partial charge in [-0.1, -0.05) is 38.3 Å². The van der Waals surface area contributed by atoms with Crippen LogP contribution < -0.4 is 10.5 Å². The first-order valence-corrected chi connectivity index (χ1v) is 8.72. The van der Waals surface area contributed by atoms with Crippen molar-refractivity contribution in [3.8, 4) is 0 Å². The molecule has 0 spiro atoms. The summed E-state index contributed by atoms with van der Waals surface area (Å²) in [5, 5.41) is 0. The van der Waals surface area contributed by atoms with Crippen LogP contribution in [-0.4, -0.2) is 15.0 Å². The molecule has 0 radical (unpaired) electrons. The van der Waals surface area contributed by atoms with Crippen LogP contribution in [0, 0.1) is 5.41 Å². The van der Waals surface area contributed by atoms with Gasteiger partial charge in [-0.05, 0) is 36.0 Å². The maximum absolute atomic E-state index is 12.3. The van der Waals surface area contributed by atoms with Crippen LogP contribution in [-0.2, 0) is 16.6 Å². The standard InChI is InChI=1S/C15H24N2O2S/c1-15(9-3-2-4-10-15)12-17-20(18,19)14-7-5-13(11-16)6-8-14/h5-8,17H,2-4,9-12,16H2,1H3. The van der Waals surface area contributed by atoms with Crippen molar-refractivity contribution in [1.82, 2.24) is 4.72 Å². The molecule has 1 aromatic carbocycles. The third-order valence-electron chi connectivity index (χ3n) is 4.22. The molecular weight excluding hydrogens is 272 g/mol. The lowest BCUT2D eigenvalue weighted by Gasteiger charge is -2.33. The Labute approximate surface area is 121 Å². The van der Waals surface area contributed by atoms with E-state index in [9.17, 15) is 8.42 Å². The summed E-state index contributed by atoms with van der Waals surface area (Å²) in [6, 6.07) is 6.76. The summed E-state index contributed by atoms with van der Waals surface area (Å²) in [5.41, 5.74) is 6.55. The smallest absolute Gasteiger partial charge is 0.240 e. The van der Waals surface area contributed by atoms with Gasteiger partial charge in [0.15, 0.2) is 0 Å². The van der Waals surface area contributed by atoms with E-state index in [-0.39, 0.29) is 5.41 Å². The normalized spacial score (nSPS) is 18.9. The van der Waals surface area contributed by atoms with E-state index in [1.165, 1.54) is 19.3 Å². The monoisotopic (exact) mass is 296 g/mol. The van der Waals surface area contributed by atoms with Gasteiger partial charge in [-0.2, -0.15) is 0 Å². The van der Waals surface area contributed by atoms with Crippen molar-refractivity contribution in [2.75, 3.05) is 6.54 Å². The Morgan fingerprint density at radius 1 is 1.15 bits per heavy atom. The van der Waals surface area contributed by atoms with Crippen LogP contribution in [0.2, 0.25) is 0 Å². The van der Waals surface area contributed by atoms with Crippen LogP contribution in [0.4, 0.5) is 0 Å². The number of sulfonamides is 1. The molecule has 0 heterocycles. The Bertz CT molecular complexity index is 531. The minimum absolute atomic E-state index is 0.0997. The number of hydrogen-bond acceptors (Lipinski definition) is 3. The van der Waals surface area contributed by atoms with Gasteiger partial charge < -0.3 is 5.73 Å². The maximum Gasteiger partial charge on any atom is 0.240 e. The molecule has 0 amide bonds. The van der Waals surface area contributed by atoms with Crippen molar-refractivity contribution in [3.05, 3.63) is 29.8 Å². The fourth-order valence-electron chi connectivity index (χ4n) is 2.74. The van der Waals surface area contributed by atoms with Gasteiger partial charge in [0.1, 0.15) is 0 Å². The number of rotatable bonds is 5. The van der Waals surface area contributed by atoms with Gasteiger partial charge in [-0.3, -0.25) is 0 Å². The fourth-order valence-corrected chi connectivity index (χ4v) is 3.94. The third kappa shape index (κ3) is 3.81. The van der Waals surface area contributed by atoms with Gasteiger partial charge >= 0.3 is 0 Å². The minimum Gasteiger partial charge on any atom is -0.326 e. The number of hydrogen-bond donors (Lipinski definition) is 2. The number of benzene rings is 1. The molecule has 1 aliphatic carbocycles. The van der Waals surface area contributed by atoms with Crippen molar-refractivity contribution >= 4 is 10.0 Å². The highest BCUT2D eigenvalue weighted by atomic mass is 32.2. The lowest BCUT2D eigenvalue weighted by atomic mass is 9.76. The van der Waals surface area contributed by atoms with E-state index in [0.717, 1.165) is 18.4 Å². The average Bonchev–Trinajstić information content (AvgIpc) is 2.46. The van der Waals surface area contributed by atoms with E-state index in [2.05, 4.69) is 11.6 Å². The molecule has 0 atom stereocenters. The summed E-state index contributed by atoms with van der Waals surface area (Å²) in [5.74, 6) is 0. The zero-order valence-corrected chi connectivity index (χ0v) is 12.9. The van der Waals surface area contributed by atoms with Crippen molar-refractivity contribution in [2.45, 2.75) is 50.5 Å². The number of nitrogens with one attached hydrogen (secondary N) is 1. The second-order valence-electron chi connectivity index (χ2n) is 6.04. The first-order chi connectivity index (χ1) is 9.45. The molecule has 0 saturated heterocycles. The summed E-state index contributed by atoms with van der Waals surface area (Å²) in [4.78, 5) is 0.314. The molecule has 4 nitrogen and oxygen atoms in total. The van der Waals surface area contributed by atoms with Crippen molar-refractivity contribution in [1.29, 1.82) is 0 Å². The molecule has 3 N–H and O–H groups in total. The average molecular weight is 296 g/mol. The van der Waals surface area contributed by atoms with E-state index in [0.29, 0.717) is 18.0 Å². The Morgan fingerprint density at radius 2 is 1.75 bits per heavy atom. The zero-order chi connectivity index (χ0) is 14.6. The summed E-state index contributed by atoms with van der Waals surface area (Å²) in [7, 11) is -3.41. The van der Waals surface area contributed by atoms with Crippen molar-refractivity contribution < 1.29 is 8.42 Å². The lowest BCUT2D eigenvalue weighted by molar-refractivity contribution is 0.219. The van der Waals surface area contributed by atoms with E-state index in [1.54, 1.807) is 24.3 Å². The molecule has 0 aliphatic heterocycles. The molecule has 0 aromatic heterocycles. The Balaban J connectivity index is 2.02. The van der Waals surface area contributed by atoms with E-state index < -0.39 is 10.0 Å². The fraction of sp³-hybridized carbons (Fsp3) is 0.600. The maximum atomic E-state index is 12.3. The summed E-state index contributed by atoms with van der Waals surface area (Å²) in [6.45, 7) is 3.12. The second kappa shape index (κ2) is 6.24. The van der Waals surface area contributed by atoms with Crippen LogP contribution in [0.25, 0.3) is 0 Å². The van der Waals surface area contributed by atoms with Gasteiger partial charge in [-0.15, -0.1) is 0 Å². The summed E-state index contributed by atoms with van der Waals surface area (Å²) >= 11 is 0. The molecule has 1 aliphatic rings. The van der Waals surface area contributed by atoms with Crippen molar-refractivity contribution in [2.24, 2.45) is 11.1 Å². The van der Waals surface area contributed by atoms with Gasteiger partial charge in [-0.25, -0.2) is 13.1 Å². The third-order valence-corrected chi connectivity index (χ3v) is 5.64. The lowest BCUT2D eigenvalue weighted by Crippen LogP contribution is -2.37. The Kier molecular flexibility index (Phi) is 4.83. The number of nitrogens with two attached hydrogens (primary N) is 1. The topological polar surface area (TPSA) is 72.2 Å². The molecule has 5 heteroatoms. The predicted molar refractivity (Wildman–Crippen MR) is 80.7 cm³/mol. The highest BCUT2D eigenvalue weighted by molar-refractivity contribution is 7.89. The molecule has 1 fully saturated rings. The zero-order valence-electron chi connectivity index (χ0n) is 12.1. The quantitative estimate of drug-likeness (QED) is 0.876. The van der Waals surface area contributed by atoms with Gasteiger partial charge in [0.05, 0.1) is 4.90 Å². The predicted octanol–water partition coefficient (Wildman–Crippen LogP) is 2.39. The minimum atomic E-state index is -3.41. The van der Waals surface area contributed by atoms with E-state index >= 15 is 0 Å². The molecule has 1 saturated carbocycles.